The number of aryl methyl sites for hydroxylation is 2. The topological polar surface area (TPSA) is 75.2 Å². The smallest absolute Gasteiger partial charge is 0.258 e. The Morgan fingerprint density at radius 1 is 0.972 bits per heavy atom. The van der Waals surface area contributed by atoms with Crippen molar-refractivity contribution < 1.29 is 9.59 Å². The predicted molar refractivity (Wildman–Crippen MR) is 143 cm³/mol. The van der Waals surface area contributed by atoms with Gasteiger partial charge in [0.15, 0.2) is 0 Å². The van der Waals surface area contributed by atoms with E-state index in [-0.39, 0.29) is 22.4 Å². The summed E-state index contributed by atoms with van der Waals surface area (Å²) >= 11 is 12.2. The monoisotopic (exact) mass is 516 g/mol. The van der Waals surface area contributed by atoms with Crippen LogP contribution in [0, 0.1) is 13.8 Å². The number of rotatable bonds is 3. The lowest BCUT2D eigenvalue weighted by Crippen LogP contribution is -2.33. The zero-order chi connectivity index (χ0) is 25.4. The van der Waals surface area contributed by atoms with Gasteiger partial charge in [-0.2, -0.15) is 0 Å². The van der Waals surface area contributed by atoms with Gasteiger partial charge in [-0.1, -0.05) is 47.5 Å². The number of amides is 2. The van der Waals surface area contributed by atoms with Crippen molar-refractivity contribution in [2.24, 2.45) is 0 Å². The van der Waals surface area contributed by atoms with Crippen molar-refractivity contribution in [3.63, 3.8) is 0 Å². The van der Waals surface area contributed by atoms with Crippen molar-refractivity contribution in [2.45, 2.75) is 20.3 Å². The summed E-state index contributed by atoms with van der Waals surface area (Å²) in [6.07, 6.45) is 2.49. The molecule has 1 N–H and O–H groups in total. The molecule has 0 unspecified atom stereocenters. The molecule has 36 heavy (non-hydrogen) atoms. The van der Waals surface area contributed by atoms with Gasteiger partial charge in [0.25, 0.3) is 11.8 Å². The quantitative estimate of drug-likeness (QED) is 0.336. The van der Waals surface area contributed by atoms with Gasteiger partial charge in [-0.15, -0.1) is 0 Å². The van der Waals surface area contributed by atoms with Gasteiger partial charge in [-0.3, -0.25) is 9.59 Å². The Kier molecular flexibility index (Phi) is 6.48. The van der Waals surface area contributed by atoms with Crippen LogP contribution in [0.1, 0.15) is 37.7 Å². The fourth-order valence-electron chi connectivity index (χ4n) is 4.39. The van der Waals surface area contributed by atoms with E-state index in [1.807, 2.05) is 44.3 Å². The number of para-hydroxylation sites is 1. The van der Waals surface area contributed by atoms with Crippen molar-refractivity contribution in [3.05, 3.63) is 105 Å². The average molecular weight is 517 g/mol. The molecule has 0 saturated heterocycles. The number of aromatic nitrogens is 2. The normalized spacial score (nSPS) is 12.4. The molecule has 8 heteroatoms. The first-order chi connectivity index (χ1) is 17.3. The van der Waals surface area contributed by atoms with Crippen LogP contribution in [0.15, 0.2) is 66.9 Å². The molecule has 1 aliphatic heterocycles. The number of benzene rings is 3. The van der Waals surface area contributed by atoms with Gasteiger partial charge in [-0.25, -0.2) is 9.97 Å². The maximum absolute atomic E-state index is 13.8. The van der Waals surface area contributed by atoms with Gasteiger partial charge in [0.1, 0.15) is 5.82 Å². The fraction of sp³-hybridized carbons (Fsp3) is 0.143. The van der Waals surface area contributed by atoms with Crippen LogP contribution in [0.5, 0.6) is 0 Å². The summed E-state index contributed by atoms with van der Waals surface area (Å²) < 4.78 is 0. The number of hydrogen-bond acceptors (Lipinski definition) is 4. The van der Waals surface area contributed by atoms with Crippen molar-refractivity contribution in [3.8, 4) is 11.3 Å². The van der Waals surface area contributed by atoms with Crippen LogP contribution in [0.3, 0.4) is 0 Å². The lowest BCUT2D eigenvalue weighted by atomic mass is 10.0. The second-order valence-electron chi connectivity index (χ2n) is 8.60. The van der Waals surface area contributed by atoms with Crippen LogP contribution in [-0.2, 0) is 6.42 Å². The minimum atomic E-state index is -0.378. The first kappa shape index (κ1) is 24.0. The third-order valence-corrected chi connectivity index (χ3v) is 7.01. The van der Waals surface area contributed by atoms with E-state index in [4.69, 9.17) is 23.2 Å². The number of halogens is 2. The van der Waals surface area contributed by atoms with Gasteiger partial charge >= 0.3 is 0 Å². The highest BCUT2D eigenvalue weighted by Crippen LogP contribution is 2.36. The number of carbonyl (C=O) groups is 2. The molecule has 6 nitrogen and oxygen atoms in total. The Bertz CT molecular complexity index is 1520. The van der Waals surface area contributed by atoms with Crippen molar-refractivity contribution in [1.82, 2.24) is 9.97 Å². The number of anilines is 2. The molecule has 5 rings (SSSR count). The number of nitrogens with zero attached hydrogens (tertiary/aromatic N) is 3. The van der Waals surface area contributed by atoms with Crippen molar-refractivity contribution in [1.29, 1.82) is 0 Å². The Morgan fingerprint density at radius 2 is 1.78 bits per heavy atom. The molecular weight excluding hydrogens is 495 g/mol. The summed E-state index contributed by atoms with van der Waals surface area (Å²) in [6, 6.07) is 17.9. The van der Waals surface area contributed by atoms with E-state index in [9.17, 15) is 9.59 Å². The average Bonchev–Trinajstić information content (AvgIpc) is 3.02. The molecule has 0 aliphatic carbocycles. The molecule has 180 valence electrons. The van der Waals surface area contributed by atoms with Crippen LogP contribution in [0.2, 0.25) is 10.0 Å². The van der Waals surface area contributed by atoms with Crippen LogP contribution in [0.25, 0.3) is 11.3 Å². The molecule has 0 atom stereocenters. The third kappa shape index (κ3) is 4.45. The highest BCUT2D eigenvalue weighted by Gasteiger charge is 2.27. The molecule has 0 fully saturated rings. The van der Waals surface area contributed by atoms with E-state index in [1.54, 1.807) is 41.3 Å². The summed E-state index contributed by atoms with van der Waals surface area (Å²) in [7, 11) is 0. The largest absolute Gasteiger partial charge is 0.322 e. The summed E-state index contributed by atoms with van der Waals surface area (Å²) in [5.41, 5.74) is 5.72. The Labute approximate surface area is 218 Å². The molecule has 0 spiro atoms. The number of fused-ring (bicyclic) bond motifs is 3. The first-order valence-corrected chi connectivity index (χ1v) is 12.2. The van der Waals surface area contributed by atoms with Crippen LogP contribution in [0.4, 0.5) is 11.4 Å². The maximum atomic E-state index is 13.8. The van der Waals surface area contributed by atoms with Crippen LogP contribution < -0.4 is 10.2 Å². The standard InChI is InChI=1S/C28H22Cl2N4O2/c1-16-14-19(33-27(35)22-7-5-8-23(29)25(22)30)10-11-20(16)28(36)34-13-12-18-15-31-17(2)32-26(18)21-6-3-4-9-24(21)34/h3-11,14-15H,12-13H2,1-2H3,(H,33,35). The molecule has 2 heterocycles. The lowest BCUT2D eigenvalue weighted by molar-refractivity contribution is 0.0985. The van der Waals surface area contributed by atoms with Gasteiger partial charge in [0.05, 0.1) is 27.0 Å². The zero-order valence-corrected chi connectivity index (χ0v) is 21.2. The zero-order valence-electron chi connectivity index (χ0n) is 19.7. The maximum Gasteiger partial charge on any atom is 0.258 e. The summed E-state index contributed by atoms with van der Waals surface area (Å²) in [5.74, 6) is 0.195. The molecule has 4 aromatic rings. The number of hydrogen-bond donors (Lipinski definition) is 1. The minimum Gasteiger partial charge on any atom is -0.322 e. The van der Waals surface area contributed by atoms with E-state index < -0.39 is 0 Å². The molecule has 0 bridgehead atoms. The Hall–Kier alpha value is -3.74. The summed E-state index contributed by atoms with van der Waals surface area (Å²) in [5, 5.41) is 3.34. The van der Waals surface area contributed by atoms with Crippen molar-refractivity contribution in [2.75, 3.05) is 16.8 Å². The number of carbonyl (C=O) groups excluding carboxylic acids is 2. The Balaban J connectivity index is 1.44. The summed E-state index contributed by atoms with van der Waals surface area (Å²) in [4.78, 5) is 37.3. The SMILES string of the molecule is Cc1ncc2c(n1)-c1ccccc1N(C(=O)c1ccc(NC(=O)c3cccc(Cl)c3Cl)cc1C)CC2. The second-order valence-corrected chi connectivity index (χ2v) is 9.39. The first-order valence-electron chi connectivity index (χ1n) is 11.4. The molecule has 0 saturated carbocycles. The van der Waals surface area contributed by atoms with Crippen LogP contribution in [-0.4, -0.2) is 28.3 Å². The van der Waals surface area contributed by atoms with E-state index in [0.29, 0.717) is 35.1 Å². The fourth-order valence-corrected chi connectivity index (χ4v) is 4.77. The Morgan fingerprint density at radius 3 is 2.58 bits per heavy atom. The molecule has 0 radical (unpaired) electrons. The van der Waals surface area contributed by atoms with E-state index in [0.717, 1.165) is 28.1 Å². The third-order valence-electron chi connectivity index (χ3n) is 6.20. The van der Waals surface area contributed by atoms with Gasteiger partial charge < -0.3 is 10.2 Å². The van der Waals surface area contributed by atoms with Crippen molar-refractivity contribution >= 4 is 46.4 Å². The highest BCUT2D eigenvalue weighted by molar-refractivity contribution is 6.44. The molecular formula is C28H22Cl2N4O2. The predicted octanol–water partition coefficient (Wildman–Crippen LogP) is 6.52. The minimum absolute atomic E-state index is 0.117. The van der Waals surface area contributed by atoms with Crippen LogP contribution >= 0.6 is 23.2 Å². The highest BCUT2D eigenvalue weighted by atomic mass is 35.5. The molecule has 1 aliphatic rings. The summed E-state index contributed by atoms with van der Waals surface area (Å²) in [6.45, 7) is 4.21. The van der Waals surface area contributed by atoms with E-state index in [2.05, 4.69) is 15.3 Å². The second kappa shape index (κ2) is 9.72. The van der Waals surface area contributed by atoms with Gasteiger partial charge in [-0.05, 0) is 67.8 Å². The van der Waals surface area contributed by atoms with Gasteiger partial charge in [0, 0.05) is 29.6 Å². The molecule has 2 amide bonds. The van der Waals surface area contributed by atoms with E-state index in [1.165, 1.54) is 0 Å². The van der Waals surface area contributed by atoms with E-state index >= 15 is 0 Å². The lowest BCUT2D eigenvalue weighted by Gasteiger charge is -2.24. The number of nitrogens with one attached hydrogen (secondary N) is 1. The molecule has 3 aromatic carbocycles. The van der Waals surface area contributed by atoms with Gasteiger partial charge in [0.2, 0.25) is 0 Å². The molecule has 1 aromatic heterocycles.